The summed E-state index contributed by atoms with van der Waals surface area (Å²) in [4.78, 5) is 50.5. The van der Waals surface area contributed by atoms with Crippen LogP contribution in [-0.2, 0) is 22.4 Å². The second-order valence-electron chi connectivity index (χ2n) is 12.4. The maximum atomic E-state index is 12.3. The molecule has 1 amide bonds. The highest BCUT2D eigenvalue weighted by molar-refractivity contribution is 6.35. The number of hydrogen-bond acceptors (Lipinski definition) is 11. The van der Waals surface area contributed by atoms with Crippen LogP contribution in [0.2, 0.25) is 0 Å². The fourth-order valence-electron chi connectivity index (χ4n) is 6.18. The first-order valence-corrected chi connectivity index (χ1v) is 16.0. The summed E-state index contributed by atoms with van der Waals surface area (Å²) in [5, 5.41) is 13.0. The number of benzene rings is 2. The van der Waals surface area contributed by atoms with Crippen LogP contribution in [0.3, 0.4) is 0 Å². The molecule has 6 aromatic rings. The van der Waals surface area contributed by atoms with Crippen molar-refractivity contribution in [3.05, 3.63) is 89.3 Å². The summed E-state index contributed by atoms with van der Waals surface area (Å²) in [7, 11) is 0. The molecule has 0 unspecified atom stereocenters. The smallest absolute Gasteiger partial charge is 0.256 e. The van der Waals surface area contributed by atoms with Crippen LogP contribution in [0.5, 0.6) is 0 Å². The number of nitrogens with one attached hydrogen (secondary N) is 1. The van der Waals surface area contributed by atoms with Crippen molar-refractivity contribution in [2.45, 2.75) is 50.6 Å². The molecule has 2 saturated carbocycles. The summed E-state index contributed by atoms with van der Waals surface area (Å²) in [5.41, 5.74) is 18.8. The normalized spacial score (nSPS) is 16.9. The summed E-state index contributed by atoms with van der Waals surface area (Å²) < 4.78 is 3.68. The molecule has 14 heteroatoms. The molecular formula is C35H31N11O3. The lowest BCUT2D eigenvalue weighted by Crippen LogP contribution is -2.03. The third kappa shape index (κ3) is 5.66. The van der Waals surface area contributed by atoms with E-state index in [0.717, 1.165) is 42.6 Å². The lowest BCUT2D eigenvalue weighted by Gasteiger charge is -1.98. The number of carbonyl (C=O) groups excluding carboxylic acids is 3. The summed E-state index contributed by atoms with van der Waals surface area (Å²) in [6.45, 7) is 0. The van der Waals surface area contributed by atoms with Crippen molar-refractivity contribution in [3.63, 3.8) is 0 Å². The summed E-state index contributed by atoms with van der Waals surface area (Å²) in [5.74, 6) is 0.904. The van der Waals surface area contributed by atoms with E-state index in [0.29, 0.717) is 82.0 Å². The Hall–Kier alpha value is -6.31. The Kier molecular flexibility index (Phi) is 7.39. The third-order valence-corrected chi connectivity index (χ3v) is 8.87. The van der Waals surface area contributed by atoms with Crippen molar-refractivity contribution in [1.29, 1.82) is 0 Å². The van der Waals surface area contributed by atoms with Gasteiger partial charge in [0, 0.05) is 24.1 Å². The van der Waals surface area contributed by atoms with E-state index in [1.54, 1.807) is 10.8 Å². The number of rotatable bonds is 4. The van der Waals surface area contributed by atoms with Crippen molar-refractivity contribution in [2.24, 2.45) is 0 Å². The van der Waals surface area contributed by atoms with Gasteiger partial charge in [-0.2, -0.15) is 10.2 Å². The van der Waals surface area contributed by atoms with Gasteiger partial charge in [0.25, 0.3) is 5.91 Å². The molecule has 3 aliphatic carbocycles. The van der Waals surface area contributed by atoms with E-state index < -0.39 is 0 Å². The zero-order valence-electron chi connectivity index (χ0n) is 26.3. The van der Waals surface area contributed by atoms with Crippen LogP contribution >= 0.6 is 0 Å². The number of carbonyl (C=O) groups is 3. The minimum Gasteiger partial charge on any atom is -0.383 e. The second-order valence-corrected chi connectivity index (χ2v) is 12.4. The van der Waals surface area contributed by atoms with Gasteiger partial charge in [-0.1, -0.05) is 42.5 Å². The van der Waals surface area contributed by atoms with Crippen LogP contribution in [0.4, 0.5) is 17.3 Å². The van der Waals surface area contributed by atoms with Gasteiger partial charge in [0.2, 0.25) is 0 Å². The number of fused-ring (bicyclic) bond motifs is 4. The molecule has 0 bridgehead atoms. The first-order chi connectivity index (χ1) is 23.9. The van der Waals surface area contributed by atoms with Crippen molar-refractivity contribution < 1.29 is 14.4 Å². The Bertz CT molecular complexity index is 2310. The number of nitrogens with zero attached hydrogens (tertiary/aromatic N) is 8. The minimum atomic E-state index is -0.138. The number of Topliss-reactive ketones (excluding diaryl/α,β-unsaturated/α-hetero) is 1. The van der Waals surface area contributed by atoms with Gasteiger partial charge in [0.15, 0.2) is 17.6 Å². The number of anilines is 3. The molecule has 2 aromatic carbocycles. The lowest BCUT2D eigenvalue weighted by molar-refractivity contribution is -0.117. The summed E-state index contributed by atoms with van der Waals surface area (Å²) in [6.07, 6.45) is 11.0. The first-order valence-electron chi connectivity index (χ1n) is 16.0. The molecule has 0 radical (unpaired) electrons. The van der Waals surface area contributed by atoms with Gasteiger partial charge in [-0.05, 0) is 49.0 Å². The molecule has 0 saturated heterocycles. The molecule has 5 N–H and O–H groups in total. The zero-order chi connectivity index (χ0) is 33.6. The Labute approximate surface area is 279 Å². The molecular weight excluding hydrogens is 622 g/mol. The van der Waals surface area contributed by atoms with E-state index in [9.17, 15) is 14.4 Å². The highest BCUT2D eigenvalue weighted by Crippen LogP contribution is 2.40. The number of para-hydroxylation sites is 1. The van der Waals surface area contributed by atoms with E-state index in [2.05, 4.69) is 35.5 Å². The topological polar surface area (TPSA) is 202 Å². The standard InChI is InChI=1S/C17H14N6O.C9H9N5O.C9H8O/c18-15-14-13(22-23(9-5-6-9)16(14)20-8-19-15)7-11-10-3-1-2-4-12(10)21-17(11)24;10-8-7-6(3-15)13-14(5-1-2-5)9(7)12-4-11-8;10-9-5-7-3-1-2-4-8(7)6-9/h1-4,7-9H,5-6H2,(H,21,24)(H2,18,19,20);3-5H,1-2H2,(H2,10,11,12);1-4H,5-6H2/b11-7-;;. The lowest BCUT2D eigenvalue weighted by atomic mass is 10.1. The van der Waals surface area contributed by atoms with Crippen molar-refractivity contribution in [3.8, 4) is 0 Å². The fraction of sp³-hybridized carbons (Fsp3) is 0.229. The number of aldehydes is 1. The van der Waals surface area contributed by atoms with E-state index in [4.69, 9.17) is 11.5 Å². The van der Waals surface area contributed by atoms with E-state index in [-0.39, 0.29) is 5.91 Å². The highest BCUT2D eigenvalue weighted by Gasteiger charge is 2.31. The molecule has 49 heavy (non-hydrogen) atoms. The number of ketones is 1. The molecule has 10 rings (SSSR count). The van der Waals surface area contributed by atoms with E-state index in [1.807, 2.05) is 53.2 Å². The van der Waals surface area contributed by atoms with E-state index in [1.165, 1.54) is 23.8 Å². The number of aromatic nitrogens is 8. The average Bonchev–Trinajstić information content (AvgIpc) is 4.00. The first kappa shape index (κ1) is 30.1. The van der Waals surface area contributed by atoms with Gasteiger partial charge in [-0.15, -0.1) is 0 Å². The second kappa shape index (κ2) is 12.0. The Morgan fingerprint density at radius 1 is 0.714 bits per heavy atom. The van der Waals surface area contributed by atoms with Gasteiger partial charge in [-0.25, -0.2) is 29.3 Å². The van der Waals surface area contributed by atoms with Gasteiger partial charge in [0.05, 0.1) is 34.1 Å². The quantitative estimate of drug-likeness (QED) is 0.182. The van der Waals surface area contributed by atoms with Crippen molar-refractivity contribution in [2.75, 3.05) is 16.8 Å². The van der Waals surface area contributed by atoms with Gasteiger partial charge in [0.1, 0.15) is 35.8 Å². The number of nitrogen functional groups attached to an aromatic ring is 2. The fourth-order valence-corrected chi connectivity index (χ4v) is 6.18. The molecule has 244 valence electrons. The third-order valence-electron chi connectivity index (χ3n) is 8.87. The molecule has 1 aliphatic heterocycles. The summed E-state index contributed by atoms with van der Waals surface area (Å²) >= 11 is 0. The largest absolute Gasteiger partial charge is 0.383 e. The van der Waals surface area contributed by atoms with Crippen LogP contribution in [0, 0.1) is 0 Å². The molecule has 0 spiro atoms. The predicted molar refractivity (Wildman–Crippen MR) is 183 cm³/mol. The van der Waals surface area contributed by atoms with Crippen LogP contribution in [0.1, 0.15) is 70.6 Å². The number of amides is 1. The Balaban J connectivity index is 0.000000118. The summed E-state index contributed by atoms with van der Waals surface area (Å²) in [6, 6.07) is 16.4. The average molecular weight is 654 g/mol. The minimum absolute atomic E-state index is 0.138. The number of nitrogens with two attached hydrogens (primary N) is 2. The highest BCUT2D eigenvalue weighted by atomic mass is 16.2. The van der Waals surface area contributed by atoms with E-state index >= 15 is 0 Å². The van der Waals surface area contributed by atoms with Crippen LogP contribution in [0.25, 0.3) is 33.7 Å². The maximum absolute atomic E-state index is 12.3. The molecule has 0 atom stereocenters. The monoisotopic (exact) mass is 653 g/mol. The number of hydrogen-bond donors (Lipinski definition) is 3. The zero-order valence-corrected chi connectivity index (χ0v) is 26.3. The molecule has 4 aliphatic rings. The van der Waals surface area contributed by atoms with Crippen LogP contribution < -0.4 is 16.8 Å². The molecule has 5 heterocycles. The SMILES string of the molecule is Nc1ncnc2c1c(/C=C1\C(=O)Nc3ccccc31)nn2C1CC1.Nc1ncnc2c1c(C=O)nn2C1CC1.O=C1Cc2ccccc2C1. The molecule has 14 nitrogen and oxygen atoms in total. The van der Waals surface area contributed by atoms with Crippen molar-refractivity contribution in [1.82, 2.24) is 39.5 Å². The maximum Gasteiger partial charge on any atom is 0.256 e. The van der Waals surface area contributed by atoms with Gasteiger partial charge < -0.3 is 16.8 Å². The van der Waals surface area contributed by atoms with Crippen LogP contribution in [0.15, 0.2) is 61.2 Å². The van der Waals surface area contributed by atoms with Crippen LogP contribution in [-0.4, -0.2) is 57.5 Å². The Morgan fingerprint density at radius 2 is 1.24 bits per heavy atom. The van der Waals surface area contributed by atoms with Gasteiger partial charge in [-0.3, -0.25) is 14.4 Å². The molecule has 2 fully saturated rings. The Morgan fingerprint density at radius 3 is 1.82 bits per heavy atom. The predicted octanol–water partition coefficient (Wildman–Crippen LogP) is 4.15. The van der Waals surface area contributed by atoms with Gasteiger partial charge >= 0.3 is 0 Å². The molecule has 4 aromatic heterocycles. The van der Waals surface area contributed by atoms with Crippen molar-refractivity contribution >= 4 is 69.0 Å².